The molecule has 1 N–H and O–H groups in total. The molecule has 0 unspecified atom stereocenters. The largest absolute Gasteiger partial charge is 0.481 e. The van der Waals surface area contributed by atoms with Crippen molar-refractivity contribution in [2.45, 2.75) is 31.7 Å². The number of hydrogen-bond acceptors (Lipinski definition) is 5. The molecule has 1 aliphatic rings. The van der Waals surface area contributed by atoms with E-state index in [1.54, 1.807) is 6.20 Å². The number of carboxylic acid groups (broad SMARTS) is 1. The molecule has 1 aromatic heterocycles. The smallest absolute Gasteiger partial charge is 0.303 e. The van der Waals surface area contributed by atoms with Gasteiger partial charge in [-0.05, 0) is 24.1 Å². The van der Waals surface area contributed by atoms with E-state index in [1.165, 1.54) is 5.01 Å². The summed E-state index contributed by atoms with van der Waals surface area (Å²) in [6.07, 6.45) is 2.57. The predicted octanol–water partition coefficient (Wildman–Crippen LogP) is 3.56. The Bertz CT molecular complexity index is 1080. The molecular weight excluding hydrogens is 368 g/mol. The van der Waals surface area contributed by atoms with Crippen molar-refractivity contribution in [3.05, 3.63) is 72.1 Å². The fourth-order valence-corrected chi connectivity index (χ4v) is 3.41. The van der Waals surface area contributed by atoms with Gasteiger partial charge in [-0.3, -0.25) is 14.6 Å². The average molecular weight is 388 g/mol. The van der Waals surface area contributed by atoms with Crippen molar-refractivity contribution in [2.24, 2.45) is 5.10 Å². The molecule has 0 aliphatic carbocycles. The molecule has 0 spiro atoms. The summed E-state index contributed by atoms with van der Waals surface area (Å²) in [5.74, 6) is -1.12. The van der Waals surface area contributed by atoms with Gasteiger partial charge in [-0.25, -0.2) is 9.99 Å². The third-order valence-electron chi connectivity index (χ3n) is 4.86. The van der Waals surface area contributed by atoms with Crippen LogP contribution in [0.3, 0.4) is 0 Å². The van der Waals surface area contributed by atoms with E-state index in [0.29, 0.717) is 12.1 Å². The van der Waals surface area contributed by atoms with E-state index in [0.717, 1.165) is 22.3 Å². The third-order valence-corrected chi connectivity index (χ3v) is 4.86. The van der Waals surface area contributed by atoms with E-state index in [-0.39, 0.29) is 31.2 Å². The second kappa shape index (κ2) is 8.18. The number of hydrogen-bond donors (Lipinski definition) is 1. The van der Waals surface area contributed by atoms with Crippen LogP contribution in [0.1, 0.15) is 43.0 Å². The lowest BCUT2D eigenvalue weighted by molar-refractivity contribution is -0.137. The number of aromatic nitrogens is 2. The van der Waals surface area contributed by atoms with Crippen LogP contribution in [-0.4, -0.2) is 37.7 Å². The summed E-state index contributed by atoms with van der Waals surface area (Å²) in [6.45, 7) is 0. The number of nitrogens with zero attached hydrogens (tertiary/aromatic N) is 4. The van der Waals surface area contributed by atoms with Crippen LogP contribution < -0.4 is 0 Å². The number of benzene rings is 2. The molecule has 146 valence electrons. The number of hydrazone groups is 1. The summed E-state index contributed by atoms with van der Waals surface area (Å²) in [4.78, 5) is 32.8. The molecular formula is C22H20N4O3. The van der Waals surface area contributed by atoms with E-state index in [1.807, 2.05) is 54.6 Å². The first-order chi connectivity index (χ1) is 14.1. The number of carbonyl (C=O) groups excluding carboxylic acids is 1. The fraction of sp³-hybridized carbons (Fsp3) is 0.227. The van der Waals surface area contributed by atoms with E-state index >= 15 is 0 Å². The monoisotopic (exact) mass is 388 g/mol. The number of para-hydroxylation sites is 2. The molecule has 2 aromatic carbocycles. The highest BCUT2D eigenvalue weighted by Gasteiger charge is 2.34. The average Bonchev–Trinajstić information content (AvgIpc) is 3.19. The highest BCUT2D eigenvalue weighted by Crippen LogP contribution is 2.32. The Morgan fingerprint density at radius 2 is 1.72 bits per heavy atom. The number of carbonyl (C=O) groups is 2. The molecule has 1 amide bonds. The van der Waals surface area contributed by atoms with E-state index in [9.17, 15) is 9.59 Å². The first-order valence-electron chi connectivity index (χ1n) is 9.50. The van der Waals surface area contributed by atoms with Crippen LogP contribution in [0.5, 0.6) is 0 Å². The van der Waals surface area contributed by atoms with Gasteiger partial charge in [0.05, 0.1) is 28.6 Å². The van der Waals surface area contributed by atoms with Crippen molar-refractivity contribution < 1.29 is 14.7 Å². The summed E-state index contributed by atoms with van der Waals surface area (Å²) >= 11 is 0. The van der Waals surface area contributed by atoms with Gasteiger partial charge in [0, 0.05) is 19.3 Å². The van der Waals surface area contributed by atoms with Gasteiger partial charge in [0.25, 0.3) is 0 Å². The lowest BCUT2D eigenvalue weighted by atomic mass is 10.0. The lowest BCUT2D eigenvalue weighted by Crippen LogP contribution is -2.27. The maximum atomic E-state index is 12.8. The standard InChI is InChI=1S/C22H20N4O3/c27-21(11-6-12-22(28)29)26-20(13-18(25-26)15-7-2-1-3-8-15)19-14-23-16-9-4-5-10-17(16)24-19/h1-5,7-10,14,20H,6,11-13H2,(H,28,29)/t20-/m0/s1. The summed E-state index contributed by atoms with van der Waals surface area (Å²) in [7, 11) is 0. The fourth-order valence-electron chi connectivity index (χ4n) is 3.41. The van der Waals surface area contributed by atoms with E-state index in [4.69, 9.17) is 10.1 Å². The van der Waals surface area contributed by atoms with Gasteiger partial charge in [0.1, 0.15) is 6.04 Å². The zero-order chi connectivity index (χ0) is 20.2. The molecule has 29 heavy (non-hydrogen) atoms. The molecule has 7 nitrogen and oxygen atoms in total. The molecule has 4 rings (SSSR count). The quantitative estimate of drug-likeness (QED) is 0.696. The van der Waals surface area contributed by atoms with Crippen LogP contribution in [0.2, 0.25) is 0 Å². The third kappa shape index (κ3) is 4.13. The lowest BCUT2D eigenvalue weighted by Gasteiger charge is -2.21. The maximum absolute atomic E-state index is 12.8. The van der Waals surface area contributed by atoms with Gasteiger partial charge in [-0.1, -0.05) is 42.5 Å². The first-order valence-corrected chi connectivity index (χ1v) is 9.50. The highest BCUT2D eigenvalue weighted by atomic mass is 16.4. The molecule has 0 fully saturated rings. The van der Waals surface area contributed by atoms with Crippen LogP contribution in [0.15, 0.2) is 65.9 Å². The molecule has 0 saturated carbocycles. The molecule has 0 bridgehead atoms. The number of carboxylic acids is 1. The van der Waals surface area contributed by atoms with Gasteiger partial charge in [0.2, 0.25) is 5.91 Å². The predicted molar refractivity (Wildman–Crippen MR) is 108 cm³/mol. The van der Waals surface area contributed by atoms with Gasteiger partial charge in [-0.2, -0.15) is 5.10 Å². The van der Waals surface area contributed by atoms with Crippen molar-refractivity contribution in [1.82, 2.24) is 15.0 Å². The minimum atomic E-state index is -0.912. The normalized spacial score (nSPS) is 16.1. The molecule has 0 saturated heterocycles. The zero-order valence-electron chi connectivity index (χ0n) is 15.7. The molecule has 1 atom stereocenters. The van der Waals surface area contributed by atoms with Gasteiger partial charge in [0.15, 0.2) is 0 Å². The molecule has 0 radical (unpaired) electrons. The molecule has 7 heteroatoms. The Morgan fingerprint density at radius 1 is 1.00 bits per heavy atom. The summed E-state index contributed by atoms with van der Waals surface area (Å²) in [6, 6.07) is 16.9. The summed E-state index contributed by atoms with van der Waals surface area (Å²) in [5, 5.41) is 14.9. The van der Waals surface area contributed by atoms with Crippen LogP contribution >= 0.6 is 0 Å². The molecule has 1 aliphatic heterocycles. The van der Waals surface area contributed by atoms with Crippen LogP contribution in [0, 0.1) is 0 Å². The van der Waals surface area contributed by atoms with Gasteiger partial charge in [-0.15, -0.1) is 0 Å². The van der Waals surface area contributed by atoms with Crippen LogP contribution in [0.25, 0.3) is 11.0 Å². The number of fused-ring (bicyclic) bond motifs is 1. The van der Waals surface area contributed by atoms with Gasteiger partial charge >= 0.3 is 5.97 Å². The van der Waals surface area contributed by atoms with Gasteiger partial charge < -0.3 is 5.11 Å². The van der Waals surface area contributed by atoms with Crippen LogP contribution in [-0.2, 0) is 9.59 Å². The summed E-state index contributed by atoms with van der Waals surface area (Å²) < 4.78 is 0. The van der Waals surface area contributed by atoms with Crippen LogP contribution in [0.4, 0.5) is 0 Å². The number of amides is 1. The van der Waals surface area contributed by atoms with Crippen molar-refractivity contribution in [2.75, 3.05) is 0 Å². The maximum Gasteiger partial charge on any atom is 0.303 e. The Morgan fingerprint density at radius 3 is 2.48 bits per heavy atom. The topological polar surface area (TPSA) is 95.8 Å². The van der Waals surface area contributed by atoms with Crippen molar-refractivity contribution in [3.8, 4) is 0 Å². The Hall–Kier alpha value is -3.61. The van der Waals surface area contributed by atoms with Crippen molar-refractivity contribution in [3.63, 3.8) is 0 Å². The van der Waals surface area contributed by atoms with Crippen molar-refractivity contribution >= 4 is 28.6 Å². The van der Waals surface area contributed by atoms with E-state index in [2.05, 4.69) is 10.1 Å². The minimum Gasteiger partial charge on any atom is -0.481 e. The second-order valence-electron chi connectivity index (χ2n) is 6.90. The van der Waals surface area contributed by atoms with E-state index < -0.39 is 5.97 Å². The Labute approximate surface area is 167 Å². The Balaban J connectivity index is 1.64. The van der Waals surface area contributed by atoms with Crippen molar-refractivity contribution in [1.29, 1.82) is 0 Å². The second-order valence-corrected chi connectivity index (χ2v) is 6.90. The molecule has 3 aromatic rings. The summed E-state index contributed by atoms with van der Waals surface area (Å²) in [5.41, 5.74) is 3.98. The zero-order valence-corrected chi connectivity index (χ0v) is 15.7. The number of rotatable bonds is 6. The minimum absolute atomic E-state index is 0.0463. The Kier molecular flexibility index (Phi) is 5.29. The number of aliphatic carboxylic acids is 1. The molecule has 2 heterocycles. The first kappa shape index (κ1) is 18.7. The highest BCUT2D eigenvalue weighted by molar-refractivity contribution is 6.03. The SMILES string of the molecule is O=C(O)CCCC(=O)N1N=C(c2ccccc2)C[C@H]1c1cnc2ccccc2n1.